The first-order valence-electron chi connectivity index (χ1n) is 4.49. The Morgan fingerprint density at radius 3 is 2.57 bits per heavy atom. The molecule has 1 N–H and O–H groups in total. The van der Waals surface area contributed by atoms with E-state index in [1.54, 1.807) is 0 Å². The van der Waals surface area contributed by atoms with E-state index in [0.717, 1.165) is 25.3 Å². The maximum atomic E-state index is 5.89. The standard InChI is InChI=1S/C10H13Cl2NS/c11-9-2-1-8(7-10(9)12)3-4-13-5-6-14/h1-2,7,13-14H,3-6H2. The van der Waals surface area contributed by atoms with Crippen LogP contribution in [0.5, 0.6) is 0 Å². The summed E-state index contributed by atoms with van der Waals surface area (Å²) in [5.74, 6) is 0.862. The van der Waals surface area contributed by atoms with Crippen molar-refractivity contribution in [2.45, 2.75) is 6.42 Å². The van der Waals surface area contributed by atoms with E-state index in [2.05, 4.69) is 17.9 Å². The quantitative estimate of drug-likeness (QED) is 0.604. The molecule has 0 bridgehead atoms. The maximum absolute atomic E-state index is 5.89. The van der Waals surface area contributed by atoms with E-state index in [4.69, 9.17) is 23.2 Å². The number of benzene rings is 1. The van der Waals surface area contributed by atoms with Crippen LogP contribution in [0.1, 0.15) is 5.56 Å². The van der Waals surface area contributed by atoms with Crippen molar-refractivity contribution >= 4 is 35.8 Å². The summed E-state index contributed by atoms with van der Waals surface area (Å²) in [7, 11) is 0. The SMILES string of the molecule is SCCNCCc1ccc(Cl)c(Cl)c1. The van der Waals surface area contributed by atoms with Gasteiger partial charge in [-0.1, -0.05) is 29.3 Å². The summed E-state index contributed by atoms with van der Waals surface area (Å²) in [6.07, 6.45) is 0.963. The molecule has 0 aliphatic rings. The van der Waals surface area contributed by atoms with Gasteiger partial charge in [-0.05, 0) is 30.7 Å². The van der Waals surface area contributed by atoms with Crippen LogP contribution < -0.4 is 5.32 Å². The lowest BCUT2D eigenvalue weighted by Crippen LogP contribution is -2.19. The van der Waals surface area contributed by atoms with Gasteiger partial charge >= 0.3 is 0 Å². The lowest BCUT2D eigenvalue weighted by molar-refractivity contribution is 0.722. The predicted octanol–water partition coefficient (Wildman–Crippen LogP) is 3.06. The van der Waals surface area contributed by atoms with Gasteiger partial charge < -0.3 is 5.32 Å². The minimum atomic E-state index is 0.610. The van der Waals surface area contributed by atoms with E-state index >= 15 is 0 Å². The molecular formula is C10H13Cl2NS. The Hall–Kier alpha value is 0.110. The first-order chi connectivity index (χ1) is 6.74. The van der Waals surface area contributed by atoms with Gasteiger partial charge in [0.05, 0.1) is 10.0 Å². The molecule has 0 amide bonds. The zero-order valence-corrected chi connectivity index (χ0v) is 10.2. The molecule has 0 saturated heterocycles. The zero-order chi connectivity index (χ0) is 10.4. The molecule has 0 heterocycles. The topological polar surface area (TPSA) is 12.0 Å². The van der Waals surface area contributed by atoms with Crippen LogP contribution in [0.25, 0.3) is 0 Å². The van der Waals surface area contributed by atoms with Gasteiger partial charge in [0, 0.05) is 12.3 Å². The monoisotopic (exact) mass is 249 g/mol. The fraction of sp³-hybridized carbons (Fsp3) is 0.400. The summed E-state index contributed by atoms with van der Waals surface area (Å²) in [6.45, 7) is 1.88. The van der Waals surface area contributed by atoms with Crippen molar-refractivity contribution in [3.05, 3.63) is 33.8 Å². The number of hydrogen-bond acceptors (Lipinski definition) is 2. The Morgan fingerprint density at radius 2 is 1.93 bits per heavy atom. The van der Waals surface area contributed by atoms with Crippen LogP contribution in [0.4, 0.5) is 0 Å². The summed E-state index contributed by atoms with van der Waals surface area (Å²) < 4.78 is 0. The van der Waals surface area contributed by atoms with Crippen molar-refractivity contribution < 1.29 is 0 Å². The highest BCUT2D eigenvalue weighted by Gasteiger charge is 1.98. The van der Waals surface area contributed by atoms with Crippen molar-refractivity contribution in [1.29, 1.82) is 0 Å². The fourth-order valence-electron chi connectivity index (χ4n) is 1.13. The van der Waals surface area contributed by atoms with E-state index in [0.29, 0.717) is 10.0 Å². The summed E-state index contributed by atoms with van der Waals surface area (Å²) in [5.41, 5.74) is 1.20. The molecule has 0 radical (unpaired) electrons. The Morgan fingerprint density at radius 1 is 1.14 bits per heavy atom. The number of hydrogen-bond donors (Lipinski definition) is 2. The van der Waals surface area contributed by atoms with Crippen molar-refractivity contribution in [3.8, 4) is 0 Å². The smallest absolute Gasteiger partial charge is 0.0595 e. The lowest BCUT2D eigenvalue weighted by atomic mass is 10.1. The molecule has 0 atom stereocenters. The Bertz CT molecular complexity index is 291. The minimum Gasteiger partial charge on any atom is -0.316 e. The van der Waals surface area contributed by atoms with E-state index < -0.39 is 0 Å². The molecule has 0 saturated carbocycles. The van der Waals surface area contributed by atoms with Crippen LogP contribution in [-0.4, -0.2) is 18.8 Å². The Labute approximate surface area is 100 Å². The number of rotatable bonds is 5. The summed E-state index contributed by atoms with van der Waals surface area (Å²) in [5, 5.41) is 4.50. The second-order valence-corrected chi connectivity index (χ2v) is 4.23. The molecule has 1 aromatic rings. The van der Waals surface area contributed by atoms with Crippen LogP contribution >= 0.6 is 35.8 Å². The predicted molar refractivity (Wildman–Crippen MR) is 66.9 cm³/mol. The van der Waals surface area contributed by atoms with Gasteiger partial charge in [0.25, 0.3) is 0 Å². The molecule has 0 fully saturated rings. The number of thiol groups is 1. The molecule has 78 valence electrons. The Kier molecular flexibility index (Phi) is 5.71. The third kappa shape index (κ3) is 4.09. The summed E-state index contributed by atoms with van der Waals surface area (Å²) in [6, 6.07) is 5.74. The highest BCUT2D eigenvalue weighted by atomic mass is 35.5. The van der Waals surface area contributed by atoms with E-state index in [1.165, 1.54) is 5.56 Å². The van der Waals surface area contributed by atoms with Crippen LogP contribution in [0.2, 0.25) is 10.0 Å². The molecule has 4 heteroatoms. The second kappa shape index (κ2) is 6.57. The van der Waals surface area contributed by atoms with Gasteiger partial charge in [0.1, 0.15) is 0 Å². The van der Waals surface area contributed by atoms with Crippen LogP contribution in [0, 0.1) is 0 Å². The average Bonchev–Trinajstić information content (AvgIpc) is 2.18. The molecule has 1 aromatic carbocycles. The van der Waals surface area contributed by atoms with Crippen molar-refractivity contribution in [2.75, 3.05) is 18.8 Å². The van der Waals surface area contributed by atoms with E-state index in [-0.39, 0.29) is 0 Å². The highest BCUT2D eigenvalue weighted by Crippen LogP contribution is 2.22. The van der Waals surface area contributed by atoms with E-state index in [9.17, 15) is 0 Å². The average molecular weight is 250 g/mol. The first kappa shape index (κ1) is 12.2. The fourth-order valence-corrected chi connectivity index (χ4v) is 1.61. The van der Waals surface area contributed by atoms with Gasteiger partial charge in [-0.15, -0.1) is 0 Å². The second-order valence-electron chi connectivity index (χ2n) is 2.97. The van der Waals surface area contributed by atoms with E-state index in [1.807, 2.05) is 18.2 Å². The zero-order valence-electron chi connectivity index (χ0n) is 7.76. The third-order valence-corrected chi connectivity index (χ3v) is 2.83. The maximum Gasteiger partial charge on any atom is 0.0595 e. The first-order valence-corrected chi connectivity index (χ1v) is 5.88. The van der Waals surface area contributed by atoms with Crippen LogP contribution in [-0.2, 0) is 6.42 Å². The van der Waals surface area contributed by atoms with Crippen LogP contribution in [0.15, 0.2) is 18.2 Å². The van der Waals surface area contributed by atoms with Gasteiger partial charge in [-0.2, -0.15) is 12.6 Å². The van der Waals surface area contributed by atoms with Crippen molar-refractivity contribution in [3.63, 3.8) is 0 Å². The molecule has 0 aliphatic heterocycles. The van der Waals surface area contributed by atoms with Gasteiger partial charge in [0.2, 0.25) is 0 Å². The molecule has 1 nitrogen and oxygen atoms in total. The Balaban J connectivity index is 2.39. The minimum absolute atomic E-state index is 0.610. The van der Waals surface area contributed by atoms with Crippen LogP contribution in [0.3, 0.4) is 0 Å². The summed E-state index contributed by atoms with van der Waals surface area (Å²) >= 11 is 15.8. The van der Waals surface area contributed by atoms with Gasteiger partial charge in [-0.3, -0.25) is 0 Å². The molecule has 0 aliphatic carbocycles. The highest BCUT2D eigenvalue weighted by molar-refractivity contribution is 7.80. The van der Waals surface area contributed by atoms with Crippen molar-refractivity contribution in [2.24, 2.45) is 0 Å². The molecule has 14 heavy (non-hydrogen) atoms. The number of halogens is 2. The molecule has 1 rings (SSSR count). The third-order valence-electron chi connectivity index (χ3n) is 1.86. The molecular weight excluding hydrogens is 237 g/mol. The summed E-state index contributed by atoms with van der Waals surface area (Å²) in [4.78, 5) is 0. The normalized spacial score (nSPS) is 10.5. The largest absolute Gasteiger partial charge is 0.316 e. The van der Waals surface area contributed by atoms with Gasteiger partial charge in [0.15, 0.2) is 0 Å². The molecule has 0 unspecified atom stereocenters. The number of nitrogens with one attached hydrogen (secondary N) is 1. The lowest BCUT2D eigenvalue weighted by Gasteiger charge is -2.04. The molecule has 0 spiro atoms. The van der Waals surface area contributed by atoms with Gasteiger partial charge in [-0.25, -0.2) is 0 Å². The van der Waals surface area contributed by atoms with Crippen molar-refractivity contribution in [1.82, 2.24) is 5.32 Å². The molecule has 0 aromatic heterocycles.